The van der Waals surface area contributed by atoms with Crippen molar-refractivity contribution in [3.05, 3.63) is 30.1 Å². The lowest BCUT2D eigenvalue weighted by Gasteiger charge is -2.41. The fourth-order valence-electron chi connectivity index (χ4n) is 3.97. The Labute approximate surface area is 150 Å². The van der Waals surface area contributed by atoms with Crippen molar-refractivity contribution < 1.29 is 17.9 Å². The van der Waals surface area contributed by atoms with Crippen LogP contribution in [-0.2, 0) is 26.1 Å². The van der Waals surface area contributed by atoms with Crippen LogP contribution in [0.4, 0.5) is 0 Å². The smallest absolute Gasteiger partial charge is 0.213 e. The van der Waals surface area contributed by atoms with Gasteiger partial charge in [0.1, 0.15) is 0 Å². The van der Waals surface area contributed by atoms with Gasteiger partial charge in [0.25, 0.3) is 0 Å². The minimum atomic E-state index is -3.09. The average molecular weight is 368 g/mol. The first-order valence-electron chi connectivity index (χ1n) is 9.14. The molecule has 7 heteroatoms. The summed E-state index contributed by atoms with van der Waals surface area (Å²) in [6.07, 6.45) is 7.14. The molecular weight excluding hydrogens is 340 g/mol. The maximum atomic E-state index is 12.0. The molecule has 140 valence electrons. The third kappa shape index (κ3) is 4.39. The third-order valence-electron chi connectivity index (χ3n) is 5.56. The summed E-state index contributed by atoms with van der Waals surface area (Å²) in [6.45, 7) is 4.93. The van der Waals surface area contributed by atoms with Gasteiger partial charge in [0.05, 0.1) is 18.0 Å². The highest BCUT2D eigenvalue weighted by atomic mass is 32.2. The second-order valence-corrected chi connectivity index (χ2v) is 9.15. The van der Waals surface area contributed by atoms with Gasteiger partial charge in [-0.2, -0.15) is 0 Å². The monoisotopic (exact) mass is 368 g/mol. The summed E-state index contributed by atoms with van der Waals surface area (Å²) in [7, 11) is -3.09. The summed E-state index contributed by atoms with van der Waals surface area (Å²) in [4.78, 5) is 4.00. The highest BCUT2D eigenvalue weighted by Gasteiger charge is 2.47. The lowest BCUT2D eigenvalue weighted by molar-refractivity contribution is -0.0618. The third-order valence-corrected chi connectivity index (χ3v) is 7.44. The Morgan fingerprint density at radius 2 is 2.04 bits per heavy atom. The molecule has 1 aromatic rings. The maximum Gasteiger partial charge on any atom is 0.213 e. The highest BCUT2D eigenvalue weighted by Crippen LogP contribution is 2.42. The van der Waals surface area contributed by atoms with Crippen LogP contribution >= 0.6 is 0 Å². The molecule has 0 N–H and O–H groups in total. The van der Waals surface area contributed by atoms with Crippen LogP contribution in [0.25, 0.3) is 0 Å². The van der Waals surface area contributed by atoms with Gasteiger partial charge in [0.15, 0.2) is 0 Å². The first kappa shape index (κ1) is 18.8. The average Bonchev–Trinajstić information content (AvgIpc) is 3.02. The lowest BCUT2D eigenvalue weighted by atomic mass is 9.78. The molecule has 2 saturated heterocycles. The zero-order valence-corrected chi connectivity index (χ0v) is 15.7. The van der Waals surface area contributed by atoms with Crippen LogP contribution in [0.3, 0.4) is 0 Å². The summed E-state index contributed by atoms with van der Waals surface area (Å²) in [6, 6.07) is 3.92. The molecule has 2 fully saturated rings. The number of piperidine rings is 1. The SMILES string of the molecule is CCS(=O)(=O)N1CCC2(CC1)OCCC2CCOCc1ccncc1. The van der Waals surface area contributed by atoms with Crippen LogP contribution in [-0.4, -0.2) is 55.4 Å². The number of pyridine rings is 1. The number of nitrogens with zero attached hydrogens (tertiary/aromatic N) is 2. The quantitative estimate of drug-likeness (QED) is 0.690. The summed E-state index contributed by atoms with van der Waals surface area (Å²) in [5, 5.41) is 0. The molecule has 1 spiro atoms. The first-order chi connectivity index (χ1) is 12.1. The number of sulfonamides is 1. The molecule has 3 heterocycles. The largest absolute Gasteiger partial charge is 0.377 e. The fourth-order valence-corrected chi connectivity index (χ4v) is 5.07. The van der Waals surface area contributed by atoms with E-state index in [4.69, 9.17) is 9.47 Å². The molecule has 6 nitrogen and oxygen atoms in total. The highest BCUT2D eigenvalue weighted by molar-refractivity contribution is 7.89. The van der Waals surface area contributed by atoms with Gasteiger partial charge in [-0.05, 0) is 56.2 Å². The van der Waals surface area contributed by atoms with E-state index in [-0.39, 0.29) is 11.4 Å². The van der Waals surface area contributed by atoms with E-state index in [9.17, 15) is 8.42 Å². The van der Waals surface area contributed by atoms with E-state index in [0.717, 1.165) is 37.9 Å². The van der Waals surface area contributed by atoms with Gasteiger partial charge in [-0.25, -0.2) is 12.7 Å². The van der Waals surface area contributed by atoms with Crippen molar-refractivity contribution in [2.75, 3.05) is 32.1 Å². The Morgan fingerprint density at radius 3 is 2.72 bits per heavy atom. The zero-order valence-electron chi connectivity index (χ0n) is 14.9. The molecule has 25 heavy (non-hydrogen) atoms. The Morgan fingerprint density at radius 1 is 1.32 bits per heavy atom. The Bertz CT molecular complexity index is 642. The Hall–Kier alpha value is -1.02. The predicted octanol–water partition coefficient (Wildman–Crippen LogP) is 2.21. The molecule has 3 rings (SSSR count). The van der Waals surface area contributed by atoms with E-state index >= 15 is 0 Å². The van der Waals surface area contributed by atoms with Crippen molar-refractivity contribution in [3.63, 3.8) is 0 Å². The minimum absolute atomic E-state index is 0.153. The van der Waals surface area contributed by atoms with E-state index in [0.29, 0.717) is 32.2 Å². The van der Waals surface area contributed by atoms with E-state index < -0.39 is 10.0 Å². The molecule has 0 radical (unpaired) electrons. The minimum Gasteiger partial charge on any atom is -0.377 e. The number of aromatic nitrogens is 1. The summed E-state index contributed by atoms with van der Waals surface area (Å²) >= 11 is 0. The molecule has 2 aliphatic rings. The van der Waals surface area contributed by atoms with Crippen LogP contribution in [0.5, 0.6) is 0 Å². The van der Waals surface area contributed by atoms with Crippen molar-refractivity contribution in [3.8, 4) is 0 Å². The summed E-state index contributed by atoms with van der Waals surface area (Å²) < 4.78 is 37.7. The van der Waals surface area contributed by atoms with Crippen LogP contribution in [0.1, 0.15) is 38.2 Å². The van der Waals surface area contributed by atoms with Gasteiger partial charge in [-0.15, -0.1) is 0 Å². The van der Waals surface area contributed by atoms with E-state index in [1.807, 2.05) is 12.1 Å². The van der Waals surface area contributed by atoms with Crippen LogP contribution in [0.2, 0.25) is 0 Å². The molecule has 1 unspecified atom stereocenters. The van der Waals surface area contributed by atoms with Crippen molar-refractivity contribution in [2.45, 2.75) is 44.8 Å². The molecule has 0 aromatic carbocycles. The number of ether oxygens (including phenoxy) is 2. The molecule has 0 amide bonds. The van der Waals surface area contributed by atoms with Crippen molar-refractivity contribution in [1.82, 2.24) is 9.29 Å². The molecule has 1 aromatic heterocycles. The van der Waals surface area contributed by atoms with E-state index in [1.165, 1.54) is 0 Å². The molecule has 0 bridgehead atoms. The van der Waals surface area contributed by atoms with E-state index in [2.05, 4.69) is 4.98 Å². The van der Waals surface area contributed by atoms with Crippen LogP contribution in [0, 0.1) is 5.92 Å². The van der Waals surface area contributed by atoms with Crippen molar-refractivity contribution in [2.24, 2.45) is 5.92 Å². The molecule has 0 saturated carbocycles. The van der Waals surface area contributed by atoms with Gasteiger partial charge in [-0.1, -0.05) is 0 Å². The molecule has 1 atom stereocenters. The van der Waals surface area contributed by atoms with Gasteiger partial charge in [0, 0.05) is 38.7 Å². The lowest BCUT2D eigenvalue weighted by Crippen LogP contribution is -2.49. The van der Waals surface area contributed by atoms with Crippen LogP contribution < -0.4 is 0 Å². The maximum absolute atomic E-state index is 12.0. The van der Waals surface area contributed by atoms with Gasteiger partial charge < -0.3 is 9.47 Å². The predicted molar refractivity (Wildman–Crippen MR) is 95.6 cm³/mol. The topological polar surface area (TPSA) is 68.7 Å². The number of rotatable bonds is 7. The number of hydrogen-bond donors (Lipinski definition) is 0. The molecular formula is C18H28N2O4S. The van der Waals surface area contributed by atoms with Gasteiger partial charge >= 0.3 is 0 Å². The van der Waals surface area contributed by atoms with E-state index in [1.54, 1.807) is 23.6 Å². The van der Waals surface area contributed by atoms with Gasteiger partial charge in [0.2, 0.25) is 10.0 Å². The standard InChI is InChI=1S/C18H28N2O4S/c1-2-25(21,22)20-11-7-18(8-12-20)17(6-14-24-18)5-13-23-15-16-3-9-19-10-4-16/h3-4,9-10,17H,2,5-8,11-15H2,1H3. The van der Waals surface area contributed by atoms with Crippen molar-refractivity contribution >= 4 is 10.0 Å². The number of hydrogen-bond acceptors (Lipinski definition) is 5. The Balaban J connectivity index is 1.48. The summed E-state index contributed by atoms with van der Waals surface area (Å²) in [5.41, 5.74) is 0.977. The fraction of sp³-hybridized carbons (Fsp3) is 0.722. The zero-order chi connectivity index (χ0) is 17.8. The normalized spacial score (nSPS) is 24.0. The first-order valence-corrected chi connectivity index (χ1v) is 10.7. The van der Waals surface area contributed by atoms with Crippen LogP contribution in [0.15, 0.2) is 24.5 Å². The second kappa shape index (κ2) is 8.12. The van der Waals surface area contributed by atoms with Gasteiger partial charge in [-0.3, -0.25) is 4.98 Å². The summed E-state index contributed by atoms with van der Waals surface area (Å²) in [5.74, 6) is 0.629. The second-order valence-electron chi connectivity index (χ2n) is 6.90. The molecule has 2 aliphatic heterocycles. The Kier molecular flexibility index (Phi) is 6.09. The molecule has 0 aliphatic carbocycles. The van der Waals surface area contributed by atoms with Crippen molar-refractivity contribution in [1.29, 1.82) is 0 Å².